The monoisotopic (exact) mass is 344 g/mol. The van der Waals surface area contributed by atoms with E-state index in [0.29, 0.717) is 10.8 Å². The molecule has 5 nitrogen and oxygen atoms in total. The van der Waals surface area contributed by atoms with Gasteiger partial charge in [0.15, 0.2) is 10.3 Å². The molecule has 0 aliphatic heterocycles. The van der Waals surface area contributed by atoms with E-state index < -0.39 is 0 Å². The zero-order chi connectivity index (χ0) is 16.1. The number of nitrogens with one attached hydrogen (secondary N) is 2. The molecule has 0 aliphatic carbocycles. The summed E-state index contributed by atoms with van der Waals surface area (Å²) in [7, 11) is 0. The number of hydrogen-bond donors (Lipinski definition) is 2. The number of anilines is 1. The molecule has 0 aliphatic rings. The van der Waals surface area contributed by atoms with Gasteiger partial charge in [0.25, 0.3) is 0 Å². The Hall–Kier alpha value is -2.31. The van der Waals surface area contributed by atoms with Crippen LogP contribution in [0.25, 0.3) is 11.3 Å². The van der Waals surface area contributed by atoms with Crippen LogP contribution >= 0.6 is 23.4 Å². The van der Waals surface area contributed by atoms with Crippen LogP contribution in [0, 0.1) is 0 Å². The predicted octanol–water partition coefficient (Wildman–Crippen LogP) is 3.86. The average molecular weight is 345 g/mol. The second-order valence-electron chi connectivity index (χ2n) is 4.65. The van der Waals surface area contributed by atoms with Crippen molar-refractivity contribution in [2.45, 2.75) is 5.16 Å². The van der Waals surface area contributed by atoms with Gasteiger partial charge in [0, 0.05) is 6.20 Å². The van der Waals surface area contributed by atoms with E-state index in [1.54, 1.807) is 24.5 Å². The molecule has 7 heteroatoms. The zero-order valence-corrected chi connectivity index (χ0v) is 13.6. The lowest BCUT2D eigenvalue weighted by molar-refractivity contribution is -0.113. The van der Waals surface area contributed by atoms with Gasteiger partial charge < -0.3 is 10.3 Å². The van der Waals surface area contributed by atoms with Crippen LogP contribution in [0.4, 0.5) is 5.69 Å². The Morgan fingerprint density at radius 1 is 1.17 bits per heavy atom. The van der Waals surface area contributed by atoms with E-state index >= 15 is 0 Å². The molecule has 0 fully saturated rings. The van der Waals surface area contributed by atoms with E-state index in [0.717, 1.165) is 11.3 Å². The molecule has 116 valence electrons. The third-order valence-electron chi connectivity index (χ3n) is 3.01. The number of carbonyl (C=O) groups is 1. The summed E-state index contributed by atoms with van der Waals surface area (Å²) >= 11 is 7.23. The lowest BCUT2D eigenvalue weighted by Crippen LogP contribution is -2.14. The molecular weight excluding hydrogens is 332 g/mol. The molecule has 0 atom stereocenters. The quantitative estimate of drug-likeness (QED) is 0.544. The Kier molecular flexibility index (Phi) is 4.95. The van der Waals surface area contributed by atoms with Gasteiger partial charge in [0.05, 0.1) is 23.3 Å². The van der Waals surface area contributed by atoms with E-state index in [2.05, 4.69) is 20.3 Å². The summed E-state index contributed by atoms with van der Waals surface area (Å²) < 4.78 is 0. The Morgan fingerprint density at radius 3 is 2.78 bits per heavy atom. The minimum atomic E-state index is -0.164. The van der Waals surface area contributed by atoms with Gasteiger partial charge in [0.2, 0.25) is 5.91 Å². The number of amides is 1. The molecule has 0 saturated carbocycles. The maximum atomic E-state index is 12.0. The zero-order valence-electron chi connectivity index (χ0n) is 12.0. The normalized spacial score (nSPS) is 10.5. The van der Waals surface area contributed by atoms with Gasteiger partial charge in [-0.1, -0.05) is 53.7 Å². The third kappa shape index (κ3) is 4.12. The van der Waals surface area contributed by atoms with E-state index in [4.69, 9.17) is 11.6 Å². The molecule has 1 amide bonds. The van der Waals surface area contributed by atoms with E-state index in [1.807, 2.05) is 30.3 Å². The molecule has 0 radical (unpaired) electrons. The number of H-pyrrole nitrogens is 1. The Bertz CT molecular complexity index is 807. The number of halogens is 1. The van der Waals surface area contributed by atoms with E-state index in [9.17, 15) is 4.79 Å². The molecule has 0 bridgehead atoms. The first-order chi connectivity index (χ1) is 11.2. The molecule has 2 heterocycles. The van der Waals surface area contributed by atoms with E-state index in [1.165, 1.54) is 11.8 Å². The van der Waals surface area contributed by atoms with Crippen LogP contribution in [0.3, 0.4) is 0 Å². The molecule has 1 aromatic carbocycles. The summed E-state index contributed by atoms with van der Waals surface area (Å²) in [6, 6.07) is 13.3. The fraction of sp³-hybridized carbons (Fsp3) is 0.0625. The van der Waals surface area contributed by atoms with Crippen molar-refractivity contribution in [2.24, 2.45) is 0 Å². The number of imidazole rings is 1. The highest BCUT2D eigenvalue weighted by Gasteiger charge is 2.09. The molecule has 23 heavy (non-hydrogen) atoms. The number of rotatable bonds is 5. The summed E-state index contributed by atoms with van der Waals surface area (Å²) in [5.74, 6) is 0.0648. The largest absolute Gasteiger partial charge is 0.333 e. The first-order valence-corrected chi connectivity index (χ1v) is 8.22. The van der Waals surface area contributed by atoms with Crippen LogP contribution in [0.1, 0.15) is 0 Å². The lowest BCUT2D eigenvalue weighted by atomic mass is 10.2. The van der Waals surface area contributed by atoms with Gasteiger partial charge >= 0.3 is 0 Å². The SMILES string of the molecule is O=C(CSc1ncc(-c2ccccc2)[nH]1)Nc1cccnc1Cl. The number of thioether (sulfide) groups is 1. The van der Waals surface area contributed by atoms with Gasteiger partial charge in [-0.15, -0.1) is 0 Å². The number of aromatic nitrogens is 3. The van der Waals surface area contributed by atoms with Gasteiger partial charge in [0.1, 0.15) is 0 Å². The fourth-order valence-electron chi connectivity index (χ4n) is 1.94. The van der Waals surface area contributed by atoms with Crippen LogP contribution in [0.5, 0.6) is 0 Å². The first-order valence-electron chi connectivity index (χ1n) is 6.86. The van der Waals surface area contributed by atoms with Gasteiger partial charge in [-0.3, -0.25) is 4.79 Å². The lowest BCUT2D eigenvalue weighted by Gasteiger charge is -2.05. The second-order valence-corrected chi connectivity index (χ2v) is 5.97. The number of hydrogen-bond acceptors (Lipinski definition) is 4. The topological polar surface area (TPSA) is 70.7 Å². The molecule has 0 unspecified atom stereocenters. The fourth-order valence-corrected chi connectivity index (χ4v) is 2.76. The van der Waals surface area contributed by atoms with Crippen LogP contribution in [0.2, 0.25) is 5.15 Å². The van der Waals surface area contributed by atoms with Crippen LogP contribution in [0.15, 0.2) is 60.0 Å². The standard InChI is InChI=1S/C16H13ClN4OS/c17-15-12(7-4-8-18-15)20-14(22)10-23-16-19-9-13(21-16)11-5-2-1-3-6-11/h1-9H,10H2,(H,19,21)(H,20,22). The Balaban J connectivity index is 1.58. The van der Waals surface area contributed by atoms with Gasteiger partial charge in [-0.05, 0) is 17.7 Å². The van der Waals surface area contributed by atoms with Crippen molar-refractivity contribution in [2.75, 3.05) is 11.1 Å². The first kappa shape index (κ1) is 15.6. The number of aromatic amines is 1. The summed E-state index contributed by atoms with van der Waals surface area (Å²) in [5, 5.41) is 3.69. The Morgan fingerprint density at radius 2 is 2.00 bits per heavy atom. The number of benzene rings is 1. The van der Waals surface area contributed by atoms with Crippen molar-refractivity contribution in [1.29, 1.82) is 0 Å². The molecule has 3 aromatic rings. The maximum absolute atomic E-state index is 12.0. The minimum Gasteiger partial charge on any atom is -0.333 e. The van der Waals surface area contributed by atoms with Crippen LogP contribution in [-0.2, 0) is 4.79 Å². The van der Waals surface area contributed by atoms with Gasteiger partial charge in [-0.25, -0.2) is 9.97 Å². The van der Waals surface area contributed by atoms with Crippen molar-refractivity contribution < 1.29 is 4.79 Å². The highest BCUT2D eigenvalue weighted by Crippen LogP contribution is 2.22. The van der Waals surface area contributed by atoms with Crippen molar-refractivity contribution >= 4 is 35.0 Å². The van der Waals surface area contributed by atoms with Crippen LogP contribution < -0.4 is 5.32 Å². The number of pyridine rings is 1. The van der Waals surface area contributed by atoms with Crippen molar-refractivity contribution in [3.63, 3.8) is 0 Å². The average Bonchev–Trinajstić information content (AvgIpc) is 3.05. The number of carbonyl (C=O) groups excluding carboxylic acids is 1. The molecule has 3 rings (SSSR count). The highest BCUT2D eigenvalue weighted by atomic mass is 35.5. The van der Waals surface area contributed by atoms with Crippen LogP contribution in [-0.4, -0.2) is 26.6 Å². The second kappa shape index (κ2) is 7.30. The minimum absolute atomic E-state index is 0.164. The molecular formula is C16H13ClN4OS. The smallest absolute Gasteiger partial charge is 0.234 e. The summed E-state index contributed by atoms with van der Waals surface area (Å²) in [4.78, 5) is 23.3. The van der Waals surface area contributed by atoms with Gasteiger partial charge in [-0.2, -0.15) is 0 Å². The highest BCUT2D eigenvalue weighted by molar-refractivity contribution is 7.99. The third-order valence-corrected chi connectivity index (χ3v) is 4.20. The maximum Gasteiger partial charge on any atom is 0.234 e. The van der Waals surface area contributed by atoms with Crippen molar-refractivity contribution in [3.05, 3.63) is 60.0 Å². The van der Waals surface area contributed by atoms with E-state index in [-0.39, 0.29) is 16.8 Å². The number of nitrogens with zero attached hydrogens (tertiary/aromatic N) is 2. The predicted molar refractivity (Wildman–Crippen MR) is 92.6 cm³/mol. The molecule has 2 aromatic heterocycles. The molecule has 0 saturated heterocycles. The van der Waals surface area contributed by atoms with Crippen molar-refractivity contribution in [1.82, 2.24) is 15.0 Å². The molecule has 0 spiro atoms. The Labute approximate surface area is 142 Å². The summed E-state index contributed by atoms with van der Waals surface area (Å²) in [6.07, 6.45) is 3.33. The summed E-state index contributed by atoms with van der Waals surface area (Å²) in [5.41, 5.74) is 2.48. The summed E-state index contributed by atoms with van der Waals surface area (Å²) in [6.45, 7) is 0. The van der Waals surface area contributed by atoms with Crippen molar-refractivity contribution in [3.8, 4) is 11.3 Å². The molecule has 2 N–H and O–H groups in total.